The van der Waals surface area contributed by atoms with Crippen LogP contribution in [-0.4, -0.2) is 52.2 Å². The molecular formula is C22H21N3O8. The van der Waals surface area contributed by atoms with E-state index in [1.54, 1.807) is 18.2 Å². The predicted octanol–water partition coefficient (Wildman–Crippen LogP) is 3.46. The van der Waals surface area contributed by atoms with Crippen molar-refractivity contribution < 1.29 is 28.9 Å². The molecule has 172 valence electrons. The van der Waals surface area contributed by atoms with Gasteiger partial charge in [-0.3, -0.25) is 29.8 Å². The van der Waals surface area contributed by atoms with Gasteiger partial charge in [0.05, 0.1) is 40.6 Å². The van der Waals surface area contributed by atoms with Crippen LogP contribution in [0, 0.1) is 27.2 Å². The molecule has 0 bridgehead atoms. The van der Waals surface area contributed by atoms with Crippen molar-refractivity contribution in [2.45, 2.75) is 31.8 Å². The number of benzene rings is 2. The highest BCUT2D eigenvalue weighted by Crippen LogP contribution is 2.41. The number of nitro benzene ring substituents is 2. The van der Waals surface area contributed by atoms with Gasteiger partial charge >= 0.3 is 0 Å². The van der Waals surface area contributed by atoms with Crippen LogP contribution in [0.3, 0.4) is 0 Å². The minimum atomic E-state index is -0.762. The summed E-state index contributed by atoms with van der Waals surface area (Å²) in [4.78, 5) is 48.4. The van der Waals surface area contributed by atoms with Crippen LogP contribution in [0.15, 0.2) is 30.3 Å². The lowest BCUT2D eigenvalue weighted by molar-refractivity contribution is -0.394. The number of hydrogen-bond acceptors (Lipinski definition) is 8. The monoisotopic (exact) mass is 455 g/mol. The molecule has 0 aliphatic carbocycles. The Balaban J connectivity index is 1.55. The third-order valence-electron chi connectivity index (χ3n) is 6.26. The molecule has 11 heteroatoms. The molecule has 2 heterocycles. The lowest BCUT2D eigenvalue weighted by atomic mass is 9.82. The molecule has 0 N–H and O–H groups in total. The Morgan fingerprint density at radius 1 is 1.12 bits per heavy atom. The summed E-state index contributed by atoms with van der Waals surface area (Å²) in [7, 11) is 1.52. The van der Waals surface area contributed by atoms with Crippen molar-refractivity contribution in [2.24, 2.45) is 0 Å². The zero-order valence-corrected chi connectivity index (χ0v) is 18.0. The van der Waals surface area contributed by atoms with Gasteiger partial charge in [0, 0.05) is 37.6 Å². The fourth-order valence-corrected chi connectivity index (χ4v) is 4.37. The highest BCUT2D eigenvalue weighted by molar-refractivity contribution is 6.01. The van der Waals surface area contributed by atoms with Crippen molar-refractivity contribution >= 4 is 23.1 Å². The maximum atomic E-state index is 13.1. The van der Waals surface area contributed by atoms with Gasteiger partial charge in [-0.1, -0.05) is 0 Å². The number of non-ortho nitro benzene ring substituents is 1. The van der Waals surface area contributed by atoms with Gasteiger partial charge in [-0.2, -0.15) is 0 Å². The molecule has 33 heavy (non-hydrogen) atoms. The summed E-state index contributed by atoms with van der Waals surface area (Å²) >= 11 is 0. The van der Waals surface area contributed by atoms with Crippen molar-refractivity contribution in [1.82, 2.24) is 4.90 Å². The molecule has 0 saturated carbocycles. The van der Waals surface area contributed by atoms with Gasteiger partial charge in [0.15, 0.2) is 5.78 Å². The van der Waals surface area contributed by atoms with E-state index in [4.69, 9.17) is 9.47 Å². The molecule has 4 rings (SSSR count). The van der Waals surface area contributed by atoms with Crippen LogP contribution in [0.25, 0.3) is 0 Å². The largest absolute Gasteiger partial charge is 0.497 e. The van der Waals surface area contributed by atoms with E-state index in [2.05, 4.69) is 0 Å². The molecule has 0 aromatic heterocycles. The Kier molecular flexibility index (Phi) is 5.48. The number of amides is 1. The molecule has 1 fully saturated rings. The molecule has 2 aliphatic rings. The van der Waals surface area contributed by atoms with E-state index in [0.29, 0.717) is 29.9 Å². The fraction of sp³-hybridized carbons (Fsp3) is 0.364. The van der Waals surface area contributed by atoms with Gasteiger partial charge in [-0.25, -0.2) is 0 Å². The Hall–Kier alpha value is -4.02. The summed E-state index contributed by atoms with van der Waals surface area (Å²) in [6.45, 7) is 1.88. The van der Waals surface area contributed by atoms with E-state index in [1.807, 2.05) is 0 Å². The van der Waals surface area contributed by atoms with Crippen LogP contribution in [-0.2, 0) is 0 Å². The average molecular weight is 455 g/mol. The zero-order valence-electron chi connectivity index (χ0n) is 18.0. The molecule has 2 aliphatic heterocycles. The van der Waals surface area contributed by atoms with Gasteiger partial charge in [0.25, 0.3) is 17.3 Å². The van der Waals surface area contributed by atoms with Gasteiger partial charge in [0.2, 0.25) is 0 Å². The smallest absolute Gasteiger partial charge is 0.279 e. The zero-order chi connectivity index (χ0) is 23.9. The number of Topliss-reactive ketones (excluding diaryl/α,β-unsaturated/α-hetero) is 1. The highest BCUT2D eigenvalue weighted by Gasteiger charge is 2.44. The first-order valence-electron chi connectivity index (χ1n) is 10.3. The molecular weight excluding hydrogens is 434 g/mol. The normalized spacial score (nSPS) is 16.7. The summed E-state index contributed by atoms with van der Waals surface area (Å²) in [5.74, 6) is 0.432. The summed E-state index contributed by atoms with van der Waals surface area (Å²) < 4.78 is 11.4. The summed E-state index contributed by atoms with van der Waals surface area (Å²) in [5, 5.41) is 22.5. The second-order valence-corrected chi connectivity index (χ2v) is 8.19. The number of hydrogen-bond donors (Lipinski definition) is 0. The lowest BCUT2D eigenvalue weighted by Crippen LogP contribution is -2.52. The number of nitrogens with zero attached hydrogens (tertiary/aromatic N) is 3. The number of ketones is 1. The number of fused-ring (bicyclic) bond motifs is 1. The Bertz CT molecular complexity index is 1180. The first-order chi connectivity index (χ1) is 15.6. The van der Waals surface area contributed by atoms with Crippen LogP contribution in [0.5, 0.6) is 11.5 Å². The topological polar surface area (TPSA) is 142 Å². The van der Waals surface area contributed by atoms with Gasteiger partial charge in [-0.15, -0.1) is 0 Å². The first kappa shape index (κ1) is 22.2. The number of methoxy groups -OCH3 is 1. The summed E-state index contributed by atoms with van der Waals surface area (Å²) in [5.41, 5.74) is -1.29. The highest BCUT2D eigenvalue weighted by atomic mass is 16.6. The quantitative estimate of drug-likeness (QED) is 0.504. The average Bonchev–Trinajstić information content (AvgIpc) is 2.78. The number of ether oxygens (including phenoxy) is 2. The molecule has 2 aromatic carbocycles. The molecule has 1 spiro atoms. The van der Waals surface area contributed by atoms with Crippen molar-refractivity contribution in [3.8, 4) is 11.5 Å². The molecule has 0 unspecified atom stereocenters. The number of carbonyl (C=O) groups is 2. The van der Waals surface area contributed by atoms with E-state index in [9.17, 15) is 29.8 Å². The van der Waals surface area contributed by atoms with Crippen molar-refractivity contribution in [3.63, 3.8) is 0 Å². The number of nitro groups is 2. The molecule has 1 amide bonds. The Labute approximate surface area is 188 Å². The van der Waals surface area contributed by atoms with Crippen LogP contribution < -0.4 is 9.47 Å². The van der Waals surface area contributed by atoms with Crippen molar-refractivity contribution in [1.29, 1.82) is 0 Å². The third kappa shape index (κ3) is 3.97. The van der Waals surface area contributed by atoms with Crippen LogP contribution >= 0.6 is 0 Å². The van der Waals surface area contributed by atoms with Crippen molar-refractivity contribution in [2.75, 3.05) is 20.2 Å². The molecule has 0 radical (unpaired) electrons. The van der Waals surface area contributed by atoms with Gasteiger partial charge in [0.1, 0.15) is 17.1 Å². The molecule has 2 aromatic rings. The van der Waals surface area contributed by atoms with Crippen molar-refractivity contribution in [3.05, 3.63) is 67.3 Å². The van der Waals surface area contributed by atoms with Gasteiger partial charge in [-0.05, 0) is 25.1 Å². The van der Waals surface area contributed by atoms with Crippen LogP contribution in [0.4, 0.5) is 11.4 Å². The minimum Gasteiger partial charge on any atom is -0.497 e. The molecule has 0 atom stereocenters. The summed E-state index contributed by atoms with van der Waals surface area (Å²) in [6, 6.07) is 6.96. The van der Waals surface area contributed by atoms with E-state index in [0.717, 1.165) is 12.1 Å². The van der Waals surface area contributed by atoms with E-state index >= 15 is 0 Å². The standard InChI is InChI=1S/C22H21N3O8/c1-13-16(9-14(24(28)29)10-18(13)25(30)31)21(27)23-7-5-22(6-8-23)12-19(26)17-11-15(32-2)3-4-20(17)33-22/h3-4,9-11H,5-8,12H2,1-2H3. The Morgan fingerprint density at radius 2 is 1.82 bits per heavy atom. The second-order valence-electron chi connectivity index (χ2n) is 8.19. The Morgan fingerprint density at radius 3 is 2.42 bits per heavy atom. The maximum Gasteiger partial charge on any atom is 0.279 e. The van der Waals surface area contributed by atoms with E-state index in [-0.39, 0.29) is 36.4 Å². The number of likely N-dealkylation sites (tertiary alicyclic amines) is 1. The van der Waals surface area contributed by atoms with E-state index in [1.165, 1.54) is 18.9 Å². The van der Waals surface area contributed by atoms with E-state index < -0.39 is 32.7 Å². The number of piperidine rings is 1. The van der Waals surface area contributed by atoms with Crippen LogP contribution in [0.1, 0.15) is 45.5 Å². The number of rotatable bonds is 4. The minimum absolute atomic E-state index is 0.0694. The van der Waals surface area contributed by atoms with Gasteiger partial charge < -0.3 is 14.4 Å². The van der Waals surface area contributed by atoms with Crippen LogP contribution in [0.2, 0.25) is 0 Å². The lowest BCUT2D eigenvalue weighted by Gasteiger charge is -2.44. The predicted molar refractivity (Wildman–Crippen MR) is 115 cm³/mol. The molecule has 1 saturated heterocycles. The maximum absolute atomic E-state index is 13.1. The second kappa shape index (κ2) is 8.15. The molecule has 11 nitrogen and oxygen atoms in total. The third-order valence-corrected chi connectivity index (χ3v) is 6.26. The fourth-order valence-electron chi connectivity index (χ4n) is 4.37. The SMILES string of the molecule is COc1ccc2c(c1)C(=O)CC1(CCN(C(=O)c3cc([N+](=O)[O-])cc([N+](=O)[O-])c3C)CC1)O2. The first-order valence-corrected chi connectivity index (χ1v) is 10.3. The summed E-state index contributed by atoms with van der Waals surface area (Å²) in [6.07, 6.45) is 0.925. The number of carbonyl (C=O) groups excluding carboxylic acids is 2.